The molecule has 0 bridgehead atoms. The van der Waals surface area contributed by atoms with E-state index in [0.29, 0.717) is 13.2 Å². The van der Waals surface area contributed by atoms with E-state index in [1.54, 1.807) is 0 Å². The van der Waals surface area contributed by atoms with Crippen LogP contribution in [0, 0.1) is 0 Å². The molecule has 0 aromatic carbocycles. The predicted octanol–water partition coefficient (Wildman–Crippen LogP) is -0.336. The van der Waals surface area contributed by atoms with E-state index >= 15 is 0 Å². The minimum atomic E-state index is -0.425. The Labute approximate surface area is 64.1 Å². The molecule has 64 valence electrons. The average molecular weight is 162 g/mol. The topological polar surface area (TPSA) is 46.2 Å². The van der Waals surface area contributed by atoms with E-state index in [1.807, 2.05) is 0 Å². The molecule has 2 aliphatic rings. The minimum absolute atomic E-state index is 0.244. The normalized spacial score (nSPS) is 29.5. The van der Waals surface area contributed by atoms with Crippen molar-refractivity contribution in [3.05, 3.63) is 0 Å². The Hall–Kier alpha value is -0.200. The fourth-order valence-corrected chi connectivity index (χ4v) is 1.00. The van der Waals surface area contributed by atoms with Crippen LogP contribution < -0.4 is 0 Å². The molecule has 2 heterocycles. The van der Waals surface area contributed by atoms with Crippen LogP contribution in [0.2, 0.25) is 0 Å². The zero-order valence-corrected chi connectivity index (χ0v) is 6.02. The van der Waals surface area contributed by atoms with Gasteiger partial charge in [-0.05, 0) is 0 Å². The summed E-state index contributed by atoms with van der Waals surface area (Å²) in [6.07, 6.45) is -0.801. The molecule has 0 amide bonds. The number of hydrogen-bond donors (Lipinski definition) is 0. The number of hydrogen-bond acceptors (Lipinski definition) is 5. The molecule has 2 saturated heterocycles. The van der Waals surface area contributed by atoms with Gasteiger partial charge in [0.15, 0.2) is 13.6 Å². The summed E-state index contributed by atoms with van der Waals surface area (Å²) in [5.41, 5.74) is 0. The first-order chi connectivity index (χ1) is 5.47. The monoisotopic (exact) mass is 162 g/mol. The summed E-state index contributed by atoms with van der Waals surface area (Å²) in [4.78, 5) is 0. The smallest absolute Gasteiger partial charge is 0.213 e. The molecule has 0 saturated carbocycles. The maximum absolute atomic E-state index is 5.16. The molecule has 0 spiro atoms. The van der Waals surface area contributed by atoms with Crippen molar-refractivity contribution in [1.82, 2.24) is 0 Å². The molecule has 2 fully saturated rings. The Bertz CT molecular complexity index is 116. The Morgan fingerprint density at radius 3 is 1.91 bits per heavy atom. The molecular formula is C6H10O5. The summed E-state index contributed by atoms with van der Waals surface area (Å²) in [5.74, 6) is 0. The van der Waals surface area contributed by atoms with E-state index in [2.05, 4.69) is 0 Å². The molecule has 0 aromatic rings. The average Bonchev–Trinajstić information content (AvgIpc) is 2.58. The molecule has 2 aliphatic heterocycles. The molecule has 11 heavy (non-hydrogen) atoms. The van der Waals surface area contributed by atoms with Gasteiger partial charge in [0.1, 0.15) is 0 Å². The molecule has 0 atom stereocenters. The van der Waals surface area contributed by atoms with Gasteiger partial charge in [-0.15, -0.1) is 0 Å². The summed E-state index contributed by atoms with van der Waals surface area (Å²) in [7, 11) is 0. The van der Waals surface area contributed by atoms with Crippen LogP contribution in [0.3, 0.4) is 0 Å². The molecule has 5 heteroatoms. The van der Waals surface area contributed by atoms with Crippen LogP contribution in [0.4, 0.5) is 0 Å². The van der Waals surface area contributed by atoms with Crippen molar-refractivity contribution < 1.29 is 23.7 Å². The van der Waals surface area contributed by atoms with E-state index in [9.17, 15) is 0 Å². The zero-order chi connectivity index (χ0) is 7.52. The van der Waals surface area contributed by atoms with Gasteiger partial charge in [-0.25, -0.2) is 0 Å². The molecule has 0 aliphatic carbocycles. The Morgan fingerprint density at radius 2 is 1.27 bits per heavy atom. The van der Waals surface area contributed by atoms with Crippen LogP contribution in [0.5, 0.6) is 0 Å². The second kappa shape index (κ2) is 3.46. The van der Waals surface area contributed by atoms with Crippen molar-refractivity contribution in [2.24, 2.45) is 0 Å². The third-order valence-corrected chi connectivity index (χ3v) is 1.50. The first-order valence-corrected chi connectivity index (χ1v) is 3.51. The van der Waals surface area contributed by atoms with Gasteiger partial charge in [0.2, 0.25) is 12.6 Å². The van der Waals surface area contributed by atoms with Crippen LogP contribution in [-0.4, -0.2) is 39.4 Å². The molecule has 0 unspecified atom stereocenters. The highest BCUT2D eigenvalue weighted by Gasteiger charge is 2.30. The summed E-state index contributed by atoms with van der Waals surface area (Å²) in [6, 6.07) is 0. The van der Waals surface area contributed by atoms with Crippen molar-refractivity contribution >= 4 is 0 Å². The van der Waals surface area contributed by atoms with Gasteiger partial charge in [-0.2, -0.15) is 0 Å². The molecule has 0 N–H and O–H groups in total. The van der Waals surface area contributed by atoms with E-state index in [4.69, 9.17) is 23.7 Å². The highest BCUT2D eigenvalue weighted by Crippen LogP contribution is 2.15. The van der Waals surface area contributed by atoms with Crippen LogP contribution in [0.25, 0.3) is 0 Å². The predicted molar refractivity (Wildman–Crippen MR) is 32.5 cm³/mol. The van der Waals surface area contributed by atoms with Crippen molar-refractivity contribution in [3.63, 3.8) is 0 Å². The highest BCUT2D eigenvalue weighted by molar-refractivity contribution is 4.56. The van der Waals surface area contributed by atoms with Crippen molar-refractivity contribution in [2.75, 3.05) is 26.8 Å². The Balaban J connectivity index is 1.82. The van der Waals surface area contributed by atoms with E-state index < -0.39 is 6.29 Å². The van der Waals surface area contributed by atoms with Gasteiger partial charge >= 0.3 is 0 Å². The molecule has 0 radical (unpaired) electrons. The quantitative estimate of drug-likeness (QED) is 0.528. The van der Waals surface area contributed by atoms with Crippen LogP contribution in [0.15, 0.2) is 0 Å². The molecule has 5 nitrogen and oxygen atoms in total. The molecule has 2 rings (SSSR count). The lowest BCUT2D eigenvalue weighted by molar-refractivity contribution is -0.347. The molecule has 0 aromatic heterocycles. The lowest BCUT2D eigenvalue weighted by Gasteiger charge is -2.26. The van der Waals surface area contributed by atoms with Crippen molar-refractivity contribution in [1.29, 1.82) is 0 Å². The largest absolute Gasteiger partial charge is 0.346 e. The van der Waals surface area contributed by atoms with Crippen molar-refractivity contribution in [2.45, 2.75) is 12.6 Å². The van der Waals surface area contributed by atoms with Gasteiger partial charge in [0.25, 0.3) is 0 Å². The van der Waals surface area contributed by atoms with E-state index in [0.717, 1.165) is 0 Å². The third kappa shape index (κ3) is 1.69. The van der Waals surface area contributed by atoms with Crippen molar-refractivity contribution in [3.8, 4) is 0 Å². The summed E-state index contributed by atoms with van der Waals surface area (Å²) in [5, 5.41) is 0. The van der Waals surface area contributed by atoms with Gasteiger partial charge < -0.3 is 23.7 Å². The van der Waals surface area contributed by atoms with Crippen LogP contribution >= 0.6 is 0 Å². The lowest BCUT2D eigenvalue weighted by Crippen LogP contribution is -2.37. The minimum Gasteiger partial charge on any atom is -0.346 e. The highest BCUT2D eigenvalue weighted by atomic mass is 16.9. The maximum Gasteiger partial charge on any atom is 0.213 e. The second-order valence-electron chi connectivity index (χ2n) is 2.25. The van der Waals surface area contributed by atoms with Crippen LogP contribution in [0.1, 0.15) is 0 Å². The summed E-state index contributed by atoms with van der Waals surface area (Å²) >= 11 is 0. The standard InChI is InChI=1S/C6H10O5/c1-2-9-5(8-1)6-10-3-7-4-11-6/h5-6H,1-4H2. The fourth-order valence-electron chi connectivity index (χ4n) is 1.00. The summed E-state index contributed by atoms with van der Waals surface area (Å²) in [6.45, 7) is 1.70. The van der Waals surface area contributed by atoms with Crippen LogP contribution in [-0.2, 0) is 23.7 Å². The van der Waals surface area contributed by atoms with E-state index in [1.165, 1.54) is 0 Å². The first-order valence-electron chi connectivity index (χ1n) is 3.51. The van der Waals surface area contributed by atoms with E-state index in [-0.39, 0.29) is 19.9 Å². The number of rotatable bonds is 1. The third-order valence-electron chi connectivity index (χ3n) is 1.50. The SMILES string of the molecule is C1COC(C2OCOCO2)O1. The molecular weight excluding hydrogens is 152 g/mol. The number of ether oxygens (including phenoxy) is 5. The maximum atomic E-state index is 5.16. The Kier molecular flexibility index (Phi) is 2.35. The van der Waals surface area contributed by atoms with Gasteiger partial charge in [0.05, 0.1) is 13.2 Å². The summed E-state index contributed by atoms with van der Waals surface area (Å²) < 4.78 is 25.3. The second-order valence-corrected chi connectivity index (χ2v) is 2.25. The Morgan fingerprint density at radius 1 is 0.727 bits per heavy atom. The van der Waals surface area contributed by atoms with Gasteiger partial charge in [-0.3, -0.25) is 0 Å². The zero-order valence-electron chi connectivity index (χ0n) is 6.02. The lowest BCUT2D eigenvalue weighted by atomic mass is 10.6. The van der Waals surface area contributed by atoms with Gasteiger partial charge in [-0.1, -0.05) is 0 Å². The van der Waals surface area contributed by atoms with Gasteiger partial charge in [0, 0.05) is 0 Å². The first kappa shape index (κ1) is 7.45. The fraction of sp³-hybridized carbons (Fsp3) is 1.00.